The maximum atomic E-state index is 5.78. The van der Waals surface area contributed by atoms with Gasteiger partial charge in [0.2, 0.25) is 0 Å². The largest absolute Gasteiger partial charge is 0.392 e. The van der Waals surface area contributed by atoms with Gasteiger partial charge in [-0.25, -0.2) is 0 Å². The van der Waals surface area contributed by atoms with Crippen molar-refractivity contribution in [2.24, 2.45) is 5.73 Å². The summed E-state index contributed by atoms with van der Waals surface area (Å²) in [7, 11) is 2.19. The highest BCUT2D eigenvalue weighted by molar-refractivity contribution is 7.80. The van der Waals surface area contributed by atoms with E-state index in [9.17, 15) is 0 Å². The van der Waals surface area contributed by atoms with Crippen molar-refractivity contribution in [3.63, 3.8) is 0 Å². The van der Waals surface area contributed by atoms with Crippen LogP contribution in [0.25, 0.3) is 0 Å². The Hall–Kier alpha value is -0.190. The lowest BCUT2D eigenvalue weighted by atomic mass is 10.1. The summed E-state index contributed by atoms with van der Waals surface area (Å²) in [6.07, 6.45) is 1.01. The summed E-state index contributed by atoms with van der Waals surface area (Å²) in [4.78, 5) is 5.49. The Labute approximate surface area is 98.6 Å². The van der Waals surface area contributed by atoms with E-state index < -0.39 is 0 Å². The van der Waals surface area contributed by atoms with Crippen LogP contribution in [0.3, 0.4) is 0 Å². The molecule has 1 aliphatic rings. The lowest BCUT2D eigenvalue weighted by molar-refractivity contribution is 0.0484. The number of nitrogens with two attached hydrogens (primary N) is 1. The Kier molecular flexibility index (Phi) is 4.49. The van der Waals surface area contributed by atoms with Crippen LogP contribution in [0.5, 0.6) is 0 Å². The second-order valence-electron chi connectivity index (χ2n) is 4.64. The highest BCUT2D eigenvalue weighted by Crippen LogP contribution is 2.17. The average molecular weight is 229 g/mol. The zero-order valence-electron chi connectivity index (χ0n) is 10.2. The number of hydrogen-bond acceptors (Lipinski definition) is 3. The number of piperazine rings is 1. The molecule has 3 atom stereocenters. The summed E-state index contributed by atoms with van der Waals surface area (Å²) >= 11 is 5.13. The Bertz CT molecular complexity index is 220. The molecule has 0 aromatic rings. The summed E-state index contributed by atoms with van der Waals surface area (Å²) < 4.78 is 0. The highest BCUT2D eigenvalue weighted by Gasteiger charge is 2.30. The number of thiocarbonyl (C=S) groups is 1. The van der Waals surface area contributed by atoms with Crippen molar-refractivity contribution in [1.29, 1.82) is 0 Å². The average Bonchev–Trinajstić information content (AvgIpc) is 2.14. The Morgan fingerprint density at radius 3 is 2.20 bits per heavy atom. The summed E-state index contributed by atoms with van der Waals surface area (Å²) in [5.74, 6) is 0. The van der Waals surface area contributed by atoms with Gasteiger partial charge in [0.25, 0.3) is 0 Å². The first-order valence-electron chi connectivity index (χ1n) is 5.72. The van der Waals surface area contributed by atoms with Crippen LogP contribution in [0.4, 0.5) is 0 Å². The number of nitrogens with zero attached hydrogens (tertiary/aromatic N) is 2. The van der Waals surface area contributed by atoms with Gasteiger partial charge in [0, 0.05) is 25.2 Å². The lowest BCUT2D eigenvalue weighted by Crippen LogP contribution is -2.59. The first kappa shape index (κ1) is 12.9. The molecule has 2 N–H and O–H groups in total. The van der Waals surface area contributed by atoms with E-state index in [2.05, 4.69) is 37.6 Å². The van der Waals surface area contributed by atoms with Gasteiger partial charge in [0.15, 0.2) is 0 Å². The monoisotopic (exact) mass is 229 g/mol. The third kappa shape index (κ3) is 2.89. The van der Waals surface area contributed by atoms with Crippen molar-refractivity contribution in [3.8, 4) is 0 Å². The van der Waals surface area contributed by atoms with E-state index in [1.807, 2.05) is 0 Å². The Morgan fingerprint density at radius 2 is 1.87 bits per heavy atom. The van der Waals surface area contributed by atoms with Crippen molar-refractivity contribution >= 4 is 17.2 Å². The molecule has 1 aliphatic heterocycles. The van der Waals surface area contributed by atoms with Crippen LogP contribution < -0.4 is 5.73 Å². The molecule has 1 heterocycles. The minimum Gasteiger partial charge on any atom is -0.392 e. The fraction of sp³-hybridized carbons (Fsp3) is 0.909. The molecular weight excluding hydrogens is 206 g/mol. The van der Waals surface area contributed by atoms with Gasteiger partial charge in [-0.1, -0.05) is 19.1 Å². The molecule has 1 saturated heterocycles. The highest BCUT2D eigenvalue weighted by atomic mass is 32.1. The Morgan fingerprint density at radius 1 is 1.40 bits per heavy atom. The fourth-order valence-corrected chi connectivity index (χ4v) is 2.65. The predicted molar refractivity (Wildman–Crippen MR) is 69.1 cm³/mol. The molecule has 88 valence electrons. The molecule has 4 heteroatoms. The van der Waals surface area contributed by atoms with E-state index >= 15 is 0 Å². The number of rotatable bonds is 3. The van der Waals surface area contributed by atoms with Crippen LogP contribution in [0.15, 0.2) is 0 Å². The fourth-order valence-electron chi connectivity index (χ4n) is 2.34. The van der Waals surface area contributed by atoms with Gasteiger partial charge in [0.05, 0.1) is 11.0 Å². The molecule has 0 radical (unpaired) electrons. The van der Waals surface area contributed by atoms with Crippen LogP contribution in [-0.2, 0) is 0 Å². The first-order valence-corrected chi connectivity index (χ1v) is 6.13. The van der Waals surface area contributed by atoms with E-state index in [1.165, 1.54) is 0 Å². The molecule has 1 fully saturated rings. The van der Waals surface area contributed by atoms with E-state index in [0.717, 1.165) is 19.5 Å². The topological polar surface area (TPSA) is 32.5 Å². The van der Waals surface area contributed by atoms with Gasteiger partial charge < -0.3 is 5.73 Å². The molecule has 0 bridgehead atoms. The first-order chi connectivity index (χ1) is 6.97. The standard InChI is InChI=1S/C11H23N3S/c1-5-10(11(12)15)14-6-8(2)13(4)9(3)7-14/h8-10H,5-7H2,1-4H3,(H2,12,15). The van der Waals surface area contributed by atoms with Crippen LogP contribution in [0.2, 0.25) is 0 Å². The third-order valence-corrected chi connectivity index (χ3v) is 3.82. The summed E-state index contributed by atoms with van der Waals surface area (Å²) in [6, 6.07) is 1.44. The normalized spacial score (nSPS) is 31.5. The van der Waals surface area contributed by atoms with Crippen LogP contribution >= 0.6 is 12.2 Å². The molecular formula is C11H23N3S. The minimum absolute atomic E-state index is 0.276. The maximum absolute atomic E-state index is 5.78. The quantitative estimate of drug-likeness (QED) is 0.734. The maximum Gasteiger partial charge on any atom is 0.0901 e. The molecule has 1 rings (SSSR count). The molecule has 0 amide bonds. The minimum atomic E-state index is 0.276. The Balaban J connectivity index is 2.67. The molecule has 0 aromatic heterocycles. The van der Waals surface area contributed by atoms with Crippen molar-refractivity contribution in [3.05, 3.63) is 0 Å². The van der Waals surface area contributed by atoms with Crippen LogP contribution in [0.1, 0.15) is 27.2 Å². The van der Waals surface area contributed by atoms with Gasteiger partial charge in [-0.3, -0.25) is 9.80 Å². The van der Waals surface area contributed by atoms with Crippen molar-refractivity contribution in [2.75, 3.05) is 20.1 Å². The zero-order chi connectivity index (χ0) is 11.6. The number of likely N-dealkylation sites (N-methyl/N-ethyl adjacent to an activating group) is 1. The zero-order valence-corrected chi connectivity index (χ0v) is 11.0. The summed E-state index contributed by atoms with van der Waals surface area (Å²) in [5, 5.41) is 0. The molecule has 3 nitrogen and oxygen atoms in total. The summed E-state index contributed by atoms with van der Waals surface area (Å²) in [6.45, 7) is 8.80. The van der Waals surface area contributed by atoms with Gasteiger partial charge in [-0.15, -0.1) is 0 Å². The van der Waals surface area contributed by atoms with E-state index in [1.54, 1.807) is 0 Å². The molecule has 0 aliphatic carbocycles. The lowest BCUT2D eigenvalue weighted by Gasteiger charge is -2.45. The number of hydrogen-bond donors (Lipinski definition) is 1. The predicted octanol–water partition coefficient (Wildman–Crippen LogP) is 1.08. The van der Waals surface area contributed by atoms with E-state index in [0.29, 0.717) is 17.1 Å². The van der Waals surface area contributed by atoms with Gasteiger partial charge in [0.1, 0.15) is 0 Å². The van der Waals surface area contributed by atoms with Crippen molar-refractivity contribution in [2.45, 2.75) is 45.3 Å². The van der Waals surface area contributed by atoms with E-state index in [-0.39, 0.29) is 6.04 Å². The molecule has 0 spiro atoms. The van der Waals surface area contributed by atoms with Gasteiger partial charge in [-0.05, 0) is 27.3 Å². The van der Waals surface area contributed by atoms with Crippen molar-refractivity contribution < 1.29 is 0 Å². The third-order valence-electron chi connectivity index (χ3n) is 3.54. The summed E-state index contributed by atoms with van der Waals surface area (Å²) in [5.41, 5.74) is 5.78. The molecule has 15 heavy (non-hydrogen) atoms. The van der Waals surface area contributed by atoms with Crippen molar-refractivity contribution in [1.82, 2.24) is 9.80 Å². The second-order valence-corrected chi connectivity index (χ2v) is 5.12. The van der Waals surface area contributed by atoms with E-state index in [4.69, 9.17) is 18.0 Å². The van der Waals surface area contributed by atoms with Crippen LogP contribution in [0, 0.1) is 0 Å². The smallest absolute Gasteiger partial charge is 0.0901 e. The molecule has 0 saturated carbocycles. The van der Waals surface area contributed by atoms with Gasteiger partial charge >= 0.3 is 0 Å². The SMILES string of the molecule is CCC(C(N)=S)N1CC(C)N(C)C(C)C1. The van der Waals surface area contributed by atoms with Crippen LogP contribution in [-0.4, -0.2) is 53.1 Å². The van der Waals surface area contributed by atoms with Gasteiger partial charge in [-0.2, -0.15) is 0 Å². The molecule has 0 aromatic carbocycles. The second kappa shape index (κ2) is 5.23. The molecule has 3 unspecified atom stereocenters.